The van der Waals surface area contributed by atoms with Gasteiger partial charge in [0.25, 0.3) is 0 Å². The highest BCUT2D eigenvalue weighted by atomic mass is 32.1. The van der Waals surface area contributed by atoms with Crippen LogP contribution in [-0.4, -0.2) is 23.3 Å². The number of aryl methyl sites for hydroxylation is 2. The Morgan fingerprint density at radius 3 is 2.90 bits per heavy atom. The Morgan fingerprint density at radius 1 is 1.25 bits per heavy atom. The zero-order chi connectivity index (χ0) is 13.9. The molecule has 20 heavy (non-hydrogen) atoms. The number of hydrogen-bond acceptors (Lipinski definition) is 4. The average Bonchev–Trinajstić information content (AvgIpc) is 2.68. The van der Waals surface area contributed by atoms with E-state index in [1.807, 2.05) is 0 Å². The fourth-order valence-electron chi connectivity index (χ4n) is 2.75. The molecular formula is C14H19N3O2S. The molecule has 1 aliphatic carbocycles. The highest BCUT2D eigenvalue weighted by Gasteiger charge is 2.25. The third-order valence-electron chi connectivity index (χ3n) is 3.96. The fraction of sp³-hybridized carbons (Fsp3) is 0.643. The van der Waals surface area contributed by atoms with E-state index < -0.39 is 0 Å². The van der Waals surface area contributed by atoms with Gasteiger partial charge in [-0.1, -0.05) is 6.42 Å². The Labute approximate surface area is 122 Å². The molecule has 0 saturated carbocycles. The van der Waals surface area contributed by atoms with Gasteiger partial charge in [0.15, 0.2) is 5.13 Å². The summed E-state index contributed by atoms with van der Waals surface area (Å²) in [5.41, 5.74) is 1.17. The molecule has 3 rings (SSSR count). The van der Waals surface area contributed by atoms with E-state index in [0.717, 1.165) is 18.0 Å². The summed E-state index contributed by atoms with van der Waals surface area (Å²) in [5.74, 6) is -0.111. The number of fused-ring (bicyclic) bond motifs is 1. The standard InChI is InChI=1S/C14H19N3O2S/c18-12-7-6-9(8-15-12)13(19)17-14-16-10-4-2-1-3-5-11(10)20-14/h9H,1-8H2,(H,15,18)(H,16,17,19)/t9-/m1/s1. The van der Waals surface area contributed by atoms with Crippen LogP contribution in [0.15, 0.2) is 0 Å². The number of aromatic nitrogens is 1. The van der Waals surface area contributed by atoms with E-state index in [4.69, 9.17) is 0 Å². The Morgan fingerprint density at radius 2 is 2.10 bits per heavy atom. The van der Waals surface area contributed by atoms with Crippen LogP contribution < -0.4 is 10.6 Å². The fourth-order valence-corrected chi connectivity index (χ4v) is 3.80. The Kier molecular flexibility index (Phi) is 4.00. The normalized spacial score (nSPS) is 22.6. The maximum absolute atomic E-state index is 12.2. The SMILES string of the molecule is O=C1CC[C@@H](C(=O)Nc2nc3c(s2)CCCCC3)CN1. The molecule has 2 N–H and O–H groups in total. The maximum atomic E-state index is 12.2. The van der Waals surface area contributed by atoms with Crippen LogP contribution in [0.3, 0.4) is 0 Å². The number of nitrogens with zero attached hydrogens (tertiary/aromatic N) is 1. The van der Waals surface area contributed by atoms with Crippen LogP contribution in [0.5, 0.6) is 0 Å². The lowest BCUT2D eigenvalue weighted by molar-refractivity contribution is -0.126. The van der Waals surface area contributed by atoms with E-state index in [9.17, 15) is 9.59 Å². The molecule has 1 aliphatic heterocycles. The predicted octanol–water partition coefficient (Wildman–Crippen LogP) is 1.88. The van der Waals surface area contributed by atoms with Gasteiger partial charge in [-0.15, -0.1) is 11.3 Å². The molecule has 1 fully saturated rings. The van der Waals surface area contributed by atoms with Gasteiger partial charge in [0.2, 0.25) is 11.8 Å². The lowest BCUT2D eigenvalue weighted by atomic mass is 9.98. The van der Waals surface area contributed by atoms with Crippen molar-refractivity contribution < 1.29 is 9.59 Å². The molecule has 108 valence electrons. The molecular weight excluding hydrogens is 274 g/mol. The lowest BCUT2D eigenvalue weighted by Crippen LogP contribution is -2.40. The Balaban J connectivity index is 1.63. The number of amides is 2. The van der Waals surface area contributed by atoms with Crippen molar-refractivity contribution in [2.24, 2.45) is 5.92 Å². The van der Waals surface area contributed by atoms with Gasteiger partial charge >= 0.3 is 0 Å². The third kappa shape index (κ3) is 3.00. The maximum Gasteiger partial charge on any atom is 0.231 e. The van der Waals surface area contributed by atoms with Crippen molar-refractivity contribution in [1.29, 1.82) is 0 Å². The molecule has 1 aromatic heterocycles. The number of carbonyl (C=O) groups excluding carboxylic acids is 2. The van der Waals surface area contributed by atoms with E-state index in [1.54, 1.807) is 11.3 Å². The monoisotopic (exact) mass is 293 g/mol. The van der Waals surface area contributed by atoms with Crippen molar-refractivity contribution in [3.05, 3.63) is 10.6 Å². The average molecular weight is 293 g/mol. The van der Waals surface area contributed by atoms with Gasteiger partial charge in [-0.2, -0.15) is 0 Å². The van der Waals surface area contributed by atoms with E-state index in [2.05, 4.69) is 15.6 Å². The molecule has 2 heterocycles. The Hall–Kier alpha value is -1.43. The smallest absolute Gasteiger partial charge is 0.231 e. The minimum atomic E-state index is -0.128. The number of piperidine rings is 1. The van der Waals surface area contributed by atoms with Crippen molar-refractivity contribution in [3.63, 3.8) is 0 Å². The van der Waals surface area contributed by atoms with E-state index in [-0.39, 0.29) is 17.7 Å². The second-order valence-corrected chi connectivity index (χ2v) is 6.56. The molecule has 1 atom stereocenters. The van der Waals surface area contributed by atoms with E-state index >= 15 is 0 Å². The van der Waals surface area contributed by atoms with Crippen molar-refractivity contribution in [3.8, 4) is 0 Å². The molecule has 1 aromatic rings. The lowest BCUT2D eigenvalue weighted by Gasteiger charge is -2.20. The number of hydrogen-bond donors (Lipinski definition) is 2. The van der Waals surface area contributed by atoms with Gasteiger partial charge in [0.1, 0.15) is 0 Å². The summed E-state index contributed by atoms with van der Waals surface area (Å²) in [5, 5.41) is 6.38. The molecule has 0 radical (unpaired) electrons. The molecule has 0 bridgehead atoms. The summed E-state index contributed by atoms with van der Waals surface area (Å²) in [7, 11) is 0. The summed E-state index contributed by atoms with van der Waals surface area (Å²) < 4.78 is 0. The molecule has 5 nitrogen and oxygen atoms in total. The van der Waals surface area contributed by atoms with E-state index in [1.165, 1.54) is 29.8 Å². The third-order valence-corrected chi connectivity index (χ3v) is 5.03. The summed E-state index contributed by atoms with van der Waals surface area (Å²) in [4.78, 5) is 29.1. The van der Waals surface area contributed by atoms with E-state index in [0.29, 0.717) is 19.4 Å². The predicted molar refractivity (Wildman–Crippen MR) is 77.7 cm³/mol. The Bertz CT molecular complexity index is 493. The summed E-state index contributed by atoms with van der Waals surface area (Å²) >= 11 is 1.61. The van der Waals surface area contributed by atoms with Crippen molar-refractivity contribution >= 4 is 28.3 Å². The number of thiazole rings is 1. The molecule has 2 amide bonds. The number of nitrogens with one attached hydrogen (secondary N) is 2. The van der Waals surface area contributed by atoms with Gasteiger partial charge in [-0.05, 0) is 32.1 Å². The highest BCUT2D eigenvalue weighted by Crippen LogP contribution is 2.29. The van der Waals surface area contributed by atoms with Gasteiger partial charge in [0, 0.05) is 17.8 Å². The second-order valence-electron chi connectivity index (χ2n) is 5.48. The first-order valence-electron chi connectivity index (χ1n) is 7.28. The van der Waals surface area contributed by atoms with Crippen LogP contribution in [0, 0.1) is 5.92 Å². The van der Waals surface area contributed by atoms with Gasteiger partial charge < -0.3 is 10.6 Å². The first kappa shape index (κ1) is 13.5. The number of carbonyl (C=O) groups is 2. The minimum absolute atomic E-state index is 0.0195. The minimum Gasteiger partial charge on any atom is -0.355 e. The van der Waals surface area contributed by atoms with Crippen molar-refractivity contribution in [2.75, 3.05) is 11.9 Å². The van der Waals surface area contributed by atoms with Gasteiger partial charge in [-0.25, -0.2) is 4.98 Å². The molecule has 0 unspecified atom stereocenters. The van der Waals surface area contributed by atoms with Gasteiger partial charge in [0.05, 0.1) is 11.6 Å². The molecule has 2 aliphatic rings. The first-order valence-corrected chi connectivity index (χ1v) is 8.10. The summed E-state index contributed by atoms with van der Waals surface area (Å²) in [6.45, 7) is 0.440. The van der Waals surface area contributed by atoms with Crippen LogP contribution in [0.4, 0.5) is 5.13 Å². The van der Waals surface area contributed by atoms with Crippen LogP contribution in [-0.2, 0) is 22.4 Å². The molecule has 6 heteroatoms. The van der Waals surface area contributed by atoms with Crippen LogP contribution in [0.25, 0.3) is 0 Å². The van der Waals surface area contributed by atoms with Crippen molar-refractivity contribution in [1.82, 2.24) is 10.3 Å². The van der Waals surface area contributed by atoms with Crippen LogP contribution in [0.1, 0.15) is 42.7 Å². The van der Waals surface area contributed by atoms with Crippen molar-refractivity contribution in [2.45, 2.75) is 44.9 Å². The zero-order valence-corrected chi connectivity index (χ0v) is 12.2. The summed E-state index contributed by atoms with van der Waals surface area (Å²) in [6, 6.07) is 0. The number of rotatable bonds is 2. The molecule has 0 spiro atoms. The topological polar surface area (TPSA) is 71.1 Å². The van der Waals surface area contributed by atoms with Crippen LogP contribution >= 0.6 is 11.3 Å². The molecule has 1 saturated heterocycles. The quantitative estimate of drug-likeness (QED) is 0.818. The second kappa shape index (κ2) is 5.91. The largest absolute Gasteiger partial charge is 0.355 e. The zero-order valence-electron chi connectivity index (χ0n) is 11.4. The summed E-state index contributed by atoms with van der Waals surface area (Å²) in [6.07, 6.45) is 6.86. The number of anilines is 1. The highest BCUT2D eigenvalue weighted by molar-refractivity contribution is 7.15. The molecule has 0 aromatic carbocycles. The van der Waals surface area contributed by atoms with Crippen LogP contribution in [0.2, 0.25) is 0 Å². The first-order chi connectivity index (χ1) is 9.72. The van der Waals surface area contributed by atoms with Gasteiger partial charge in [-0.3, -0.25) is 9.59 Å².